The molecular formula is C31H31Cl2N7O2. The maximum Gasteiger partial charge on any atom is 0.354 e. The van der Waals surface area contributed by atoms with Crippen LogP contribution in [0.15, 0.2) is 70.3 Å². The van der Waals surface area contributed by atoms with E-state index in [0.29, 0.717) is 32.9 Å². The van der Waals surface area contributed by atoms with E-state index in [1.165, 1.54) is 0 Å². The number of hydrogen-bond acceptors (Lipinski definition) is 7. The van der Waals surface area contributed by atoms with Gasteiger partial charge in [0.1, 0.15) is 11.6 Å². The lowest BCUT2D eigenvalue weighted by Crippen LogP contribution is -2.38. The number of fused-ring (bicyclic) bond motifs is 2. The minimum Gasteiger partial charge on any atom is -0.371 e. The van der Waals surface area contributed by atoms with Crippen molar-refractivity contribution in [2.75, 3.05) is 56.0 Å². The molecule has 2 aromatic heterocycles. The molecule has 0 aliphatic carbocycles. The van der Waals surface area contributed by atoms with Crippen LogP contribution in [0.4, 0.5) is 17.3 Å². The van der Waals surface area contributed by atoms with Crippen molar-refractivity contribution >= 4 is 62.3 Å². The Bertz CT molecular complexity index is 1940. The second kappa shape index (κ2) is 11.0. The molecule has 11 heteroatoms. The van der Waals surface area contributed by atoms with Crippen LogP contribution in [0, 0.1) is 0 Å². The Kier molecular flexibility index (Phi) is 7.32. The lowest BCUT2D eigenvalue weighted by molar-refractivity contribution is 0.393. The van der Waals surface area contributed by atoms with Gasteiger partial charge in [-0.15, -0.1) is 0 Å². The minimum absolute atomic E-state index is 0.0157. The highest BCUT2D eigenvalue weighted by atomic mass is 35.5. The van der Waals surface area contributed by atoms with E-state index in [1.807, 2.05) is 86.5 Å². The van der Waals surface area contributed by atoms with Crippen LogP contribution in [0.3, 0.4) is 0 Å². The molecule has 0 unspecified atom stereocenters. The third-order valence-electron chi connectivity index (χ3n) is 7.83. The Labute approximate surface area is 253 Å². The number of benzene rings is 3. The normalized spacial score (nSPS) is 14.1. The van der Waals surface area contributed by atoms with Gasteiger partial charge in [0.2, 0.25) is 0 Å². The zero-order valence-electron chi connectivity index (χ0n) is 23.9. The Morgan fingerprint density at radius 2 is 1.26 bits per heavy atom. The van der Waals surface area contributed by atoms with Crippen LogP contribution in [0.25, 0.3) is 27.5 Å². The molecule has 1 saturated heterocycles. The maximum atomic E-state index is 13.3. The first-order valence-electron chi connectivity index (χ1n) is 13.8. The monoisotopic (exact) mass is 603 g/mol. The van der Waals surface area contributed by atoms with E-state index in [-0.39, 0.29) is 17.4 Å². The van der Waals surface area contributed by atoms with E-state index in [2.05, 4.69) is 14.9 Å². The van der Waals surface area contributed by atoms with E-state index in [1.54, 1.807) is 21.3 Å². The van der Waals surface area contributed by atoms with Crippen LogP contribution >= 0.6 is 23.2 Å². The number of rotatable bonds is 5. The largest absolute Gasteiger partial charge is 0.371 e. The molecule has 216 valence electrons. The van der Waals surface area contributed by atoms with E-state index in [0.717, 1.165) is 47.9 Å². The Hall–Kier alpha value is -4.08. The standard InChI is InChI=1S/C31H31Cl2N7O2/c1-36(2)28-24-10-8-19(32)16-26(24)39(30(41)34-28)21-12-14-38(15-13-21)22-6-5-7-23(18-22)40-27-17-20(33)9-11-25(27)29(37(3)4)35-31(40)42/h5-11,16-18,21H,12-15H2,1-4H3. The number of halogens is 2. The summed E-state index contributed by atoms with van der Waals surface area (Å²) in [6, 6.07) is 19.0. The number of anilines is 3. The molecule has 1 aliphatic rings. The molecule has 0 bridgehead atoms. The van der Waals surface area contributed by atoms with E-state index < -0.39 is 0 Å². The summed E-state index contributed by atoms with van der Waals surface area (Å²) in [5.41, 5.74) is 2.55. The first-order chi connectivity index (χ1) is 20.1. The summed E-state index contributed by atoms with van der Waals surface area (Å²) in [5, 5.41) is 2.85. The van der Waals surface area contributed by atoms with E-state index in [4.69, 9.17) is 23.2 Å². The number of piperidine rings is 1. The topological polar surface area (TPSA) is 79.5 Å². The number of hydrogen-bond donors (Lipinski definition) is 0. The van der Waals surface area contributed by atoms with Crippen LogP contribution in [-0.2, 0) is 0 Å². The van der Waals surface area contributed by atoms with Gasteiger partial charge < -0.3 is 14.7 Å². The van der Waals surface area contributed by atoms with Crippen molar-refractivity contribution in [2.24, 2.45) is 0 Å². The molecule has 0 atom stereocenters. The van der Waals surface area contributed by atoms with Gasteiger partial charge in [-0.1, -0.05) is 29.3 Å². The van der Waals surface area contributed by atoms with Gasteiger partial charge >= 0.3 is 11.4 Å². The van der Waals surface area contributed by atoms with Crippen LogP contribution in [0.2, 0.25) is 10.0 Å². The first kappa shape index (κ1) is 28.1. The maximum absolute atomic E-state index is 13.3. The van der Waals surface area contributed by atoms with E-state index >= 15 is 0 Å². The molecule has 1 fully saturated rings. The Morgan fingerprint density at radius 1 is 0.714 bits per heavy atom. The number of aromatic nitrogens is 4. The predicted octanol–water partition coefficient (Wildman–Crippen LogP) is 5.38. The van der Waals surface area contributed by atoms with Crippen LogP contribution in [0.5, 0.6) is 0 Å². The second-order valence-corrected chi connectivity index (χ2v) is 11.9. The molecular weight excluding hydrogens is 573 g/mol. The fourth-order valence-electron chi connectivity index (χ4n) is 5.88. The molecule has 5 aromatic rings. The van der Waals surface area contributed by atoms with Crippen molar-refractivity contribution in [3.8, 4) is 5.69 Å². The summed E-state index contributed by atoms with van der Waals surface area (Å²) in [6.07, 6.45) is 1.51. The molecule has 3 heterocycles. The zero-order chi connectivity index (χ0) is 29.7. The van der Waals surface area contributed by atoms with Crippen molar-refractivity contribution in [1.29, 1.82) is 0 Å². The van der Waals surface area contributed by atoms with Gasteiger partial charge in [-0.25, -0.2) is 9.59 Å². The van der Waals surface area contributed by atoms with Gasteiger partial charge in [0, 0.05) is 73.8 Å². The van der Waals surface area contributed by atoms with Gasteiger partial charge in [0.05, 0.1) is 16.7 Å². The lowest BCUT2D eigenvalue weighted by Gasteiger charge is -2.35. The molecule has 0 spiro atoms. The summed E-state index contributed by atoms with van der Waals surface area (Å²) < 4.78 is 3.41. The van der Waals surface area contributed by atoms with Crippen molar-refractivity contribution in [1.82, 2.24) is 19.1 Å². The third-order valence-corrected chi connectivity index (χ3v) is 8.30. The summed E-state index contributed by atoms with van der Waals surface area (Å²) >= 11 is 12.7. The molecule has 3 aromatic carbocycles. The molecule has 0 N–H and O–H groups in total. The summed E-state index contributed by atoms with van der Waals surface area (Å²) in [7, 11) is 7.49. The summed E-state index contributed by atoms with van der Waals surface area (Å²) in [5.74, 6) is 1.23. The predicted molar refractivity (Wildman–Crippen MR) is 173 cm³/mol. The van der Waals surface area contributed by atoms with Crippen molar-refractivity contribution in [3.05, 3.63) is 91.7 Å². The fraction of sp³-hybridized carbons (Fsp3) is 0.290. The lowest BCUT2D eigenvalue weighted by atomic mass is 10.0. The molecule has 0 saturated carbocycles. The van der Waals surface area contributed by atoms with Gasteiger partial charge in [-0.05, 0) is 67.4 Å². The molecule has 0 radical (unpaired) electrons. The van der Waals surface area contributed by atoms with Crippen LogP contribution in [-0.4, -0.2) is 60.4 Å². The van der Waals surface area contributed by atoms with Gasteiger partial charge in [-0.2, -0.15) is 9.97 Å². The molecule has 1 aliphatic heterocycles. The van der Waals surface area contributed by atoms with Crippen LogP contribution in [0.1, 0.15) is 18.9 Å². The van der Waals surface area contributed by atoms with Gasteiger partial charge in [-0.3, -0.25) is 9.13 Å². The Morgan fingerprint density at radius 3 is 1.88 bits per heavy atom. The van der Waals surface area contributed by atoms with Crippen molar-refractivity contribution in [2.45, 2.75) is 18.9 Å². The van der Waals surface area contributed by atoms with Crippen LogP contribution < -0.4 is 26.1 Å². The van der Waals surface area contributed by atoms with Gasteiger partial charge in [0.25, 0.3) is 0 Å². The molecule has 42 heavy (non-hydrogen) atoms. The average molecular weight is 605 g/mol. The smallest absolute Gasteiger partial charge is 0.354 e. The summed E-state index contributed by atoms with van der Waals surface area (Å²) in [6.45, 7) is 1.47. The number of nitrogens with zero attached hydrogens (tertiary/aromatic N) is 7. The first-order valence-corrected chi connectivity index (χ1v) is 14.5. The highest BCUT2D eigenvalue weighted by molar-refractivity contribution is 6.31. The highest BCUT2D eigenvalue weighted by Gasteiger charge is 2.25. The zero-order valence-corrected chi connectivity index (χ0v) is 25.4. The fourth-order valence-corrected chi connectivity index (χ4v) is 6.21. The van der Waals surface area contributed by atoms with Crippen molar-refractivity contribution in [3.63, 3.8) is 0 Å². The highest BCUT2D eigenvalue weighted by Crippen LogP contribution is 2.33. The second-order valence-electron chi connectivity index (χ2n) is 11.0. The van der Waals surface area contributed by atoms with E-state index in [9.17, 15) is 9.59 Å². The quantitative estimate of drug-likeness (QED) is 0.267. The molecule has 9 nitrogen and oxygen atoms in total. The third kappa shape index (κ3) is 4.97. The van der Waals surface area contributed by atoms with Crippen molar-refractivity contribution < 1.29 is 0 Å². The molecule has 6 rings (SSSR count). The minimum atomic E-state index is -0.372. The molecule has 0 amide bonds. The van der Waals surface area contributed by atoms with Gasteiger partial charge in [0.15, 0.2) is 0 Å². The SMILES string of the molecule is CN(C)c1nc(=O)n(-c2cccc(N3CCC(n4c(=O)nc(N(C)C)c5ccc(Cl)cc54)CC3)c2)c2cc(Cl)ccc12. The summed E-state index contributed by atoms with van der Waals surface area (Å²) in [4.78, 5) is 41.3. The average Bonchev–Trinajstić information content (AvgIpc) is 2.96. The Balaban J connectivity index is 1.33.